The molecule has 0 spiro atoms. The molecule has 0 unspecified atom stereocenters. The van der Waals surface area contributed by atoms with E-state index in [-0.39, 0.29) is 17.4 Å². The van der Waals surface area contributed by atoms with Crippen LogP contribution in [0.5, 0.6) is 0 Å². The number of rotatable bonds is 13. The van der Waals surface area contributed by atoms with Gasteiger partial charge in [-0.3, -0.25) is 4.79 Å². The summed E-state index contributed by atoms with van der Waals surface area (Å²) in [5.74, 6) is -0.461. The minimum Gasteiger partial charge on any atom is -0.338 e. The number of amides is 1. The first kappa shape index (κ1) is 23.6. The van der Waals surface area contributed by atoms with Crippen LogP contribution in [0.3, 0.4) is 0 Å². The van der Waals surface area contributed by atoms with Crippen LogP contribution in [0.25, 0.3) is 0 Å². The second-order valence-electron chi connectivity index (χ2n) is 7.15. The van der Waals surface area contributed by atoms with Gasteiger partial charge in [0.15, 0.2) is 9.84 Å². The lowest BCUT2D eigenvalue weighted by Gasteiger charge is -2.27. The first-order valence-corrected chi connectivity index (χ1v) is 12.0. The normalized spacial score (nSPS) is 12.7. The Morgan fingerprint density at radius 1 is 1.15 bits per heavy atom. The molecule has 6 heteroatoms. The number of nitrogens with zero attached hydrogens (tertiary/aromatic N) is 1. The summed E-state index contributed by atoms with van der Waals surface area (Å²) in [6, 6.07) is 8.21. The highest BCUT2D eigenvalue weighted by Gasteiger charge is 2.27. The average Bonchev–Trinajstić information content (AvgIpc) is 2.67. The summed E-state index contributed by atoms with van der Waals surface area (Å²) in [6.07, 6.45) is 3.66. The van der Waals surface area contributed by atoms with Crippen LogP contribution in [-0.4, -0.2) is 43.8 Å². The molecule has 1 aromatic carbocycles. The Hall–Kier alpha value is -1.40. The second-order valence-corrected chi connectivity index (χ2v) is 9.38. The molecule has 1 rings (SSSR count). The Kier molecular flexibility index (Phi) is 10.6. The van der Waals surface area contributed by atoms with Gasteiger partial charge in [0, 0.05) is 13.1 Å². The number of unbranched alkanes of at least 4 members (excludes halogenated alkanes) is 1. The number of benzene rings is 1. The van der Waals surface area contributed by atoms with Crippen molar-refractivity contribution in [2.75, 3.05) is 24.6 Å². The number of aryl methyl sites for hydroxylation is 1. The molecular formula is C21H36N2O3S. The average molecular weight is 397 g/mol. The molecule has 1 aromatic rings. The summed E-state index contributed by atoms with van der Waals surface area (Å²) in [5.41, 5.74) is 7.95. The van der Waals surface area contributed by atoms with E-state index in [0.717, 1.165) is 18.4 Å². The number of sulfone groups is 1. The van der Waals surface area contributed by atoms with Crippen LogP contribution in [0.15, 0.2) is 24.3 Å². The fraction of sp³-hybridized carbons (Fsp3) is 0.667. The highest BCUT2D eigenvalue weighted by Crippen LogP contribution is 2.17. The third-order valence-corrected chi connectivity index (χ3v) is 6.64. The monoisotopic (exact) mass is 396 g/mol. The second kappa shape index (κ2) is 12.1. The highest BCUT2D eigenvalue weighted by molar-refractivity contribution is 7.91. The summed E-state index contributed by atoms with van der Waals surface area (Å²) < 4.78 is 24.7. The zero-order chi connectivity index (χ0) is 20.3. The zero-order valence-corrected chi connectivity index (χ0v) is 17.9. The van der Waals surface area contributed by atoms with E-state index in [2.05, 4.69) is 19.1 Å². The molecule has 0 aliphatic rings. The standard InChI is InChI=1S/C21H36N2O3S/c1-4-7-14-27(25,26)17-20(6-3)21(24)23(13-9-12-22)16-19-11-8-10-18(5-2)15-19/h8,10-11,15,20H,4-7,9,12-14,16-17,22H2,1-3H3/t20-/m1/s1. The van der Waals surface area contributed by atoms with Gasteiger partial charge in [0.2, 0.25) is 5.91 Å². The molecule has 2 N–H and O–H groups in total. The number of carbonyl (C=O) groups excluding carboxylic acids is 1. The van der Waals surface area contributed by atoms with Gasteiger partial charge in [0.1, 0.15) is 0 Å². The van der Waals surface area contributed by atoms with Gasteiger partial charge in [-0.15, -0.1) is 0 Å². The lowest BCUT2D eigenvalue weighted by atomic mass is 10.0. The Balaban J connectivity index is 2.93. The zero-order valence-electron chi connectivity index (χ0n) is 17.1. The molecule has 0 heterocycles. The predicted molar refractivity (Wildman–Crippen MR) is 112 cm³/mol. The van der Waals surface area contributed by atoms with Crippen molar-refractivity contribution < 1.29 is 13.2 Å². The SMILES string of the molecule is CCCCS(=O)(=O)C[C@@H](CC)C(=O)N(CCCN)Cc1cccc(CC)c1. The maximum absolute atomic E-state index is 13.1. The van der Waals surface area contributed by atoms with E-state index in [4.69, 9.17) is 5.73 Å². The summed E-state index contributed by atoms with van der Waals surface area (Å²) in [7, 11) is -3.21. The molecule has 1 amide bonds. The number of hydrogen-bond donors (Lipinski definition) is 1. The Labute approximate surface area is 165 Å². The van der Waals surface area contributed by atoms with Crippen molar-refractivity contribution >= 4 is 15.7 Å². The van der Waals surface area contributed by atoms with Gasteiger partial charge in [-0.05, 0) is 43.4 Å². The molecule has 0 saturated heterocycles. The molecule has 27 heavy (non-hydrogen) atoms. The predicted octanol–water partition coefficient (Wildman–Crippen LogP) is 3.17. The van der Waals surface area contributed by atoms with Crippen LogP contribution >= 0.6 is 0 Å². The van der Waals surface area contributed by atoms with Gasteiger partial charge in [0.05, 0.1) is 17.4 Å². The molecule has 0 fully saturated rings. The third-order valence-electron chi connectivity index (χ3n) is 4.82. The fourth-order valence-electron chi connectivity index (χ4n) is 3.09. The fourth-order valence-corrected chi connectivity index (χ4v) is 4.98. The van der Waals surface area contributed by atoms with Crippen LogP contribution in [-0.2, 0) is 27.6 Å². The summed E-state index contributed by atoms with van der Waals surface area (Å²) >= 11 is 0. The smallest absolute Gasteiger partial charge is 0.226 e. The molecule has 0 radical (unpaired) electrons. The van der Waals surface area contributed by atoms with E-state index in [0.29, 0.717) is 38.9 Å². The van der Waals surface area contributed by atoms with E-state index in [1.165, 1.54) is 5.56 Å². The van der Waals surface area contributed by atoms with E-state index in [1.54, 1.807) is 4.90 Å². The molecular weight excluding hydrogens is 360 g/mol. The van der Waals surface area contributed by atoms with Crippen molar-refractivity contribution in [1.29, 1.82) is 0 Å². The lowest BCUT2D eigenvalue weighted by Crippen LogP contribution is -2.39. The number of hydrogen-bond acceptors (Lipinski definition) is 4. The molecule has 0 bridgehead atoms. The summed E-state index contributed by atoms with van der Waals surface area (Å²) in [4.78, 5) is 14.9. The third kappa shape index (κ3) is 8.43. The largest absolute Gasteiger partial charge is 0.338 e. The van der Waals surface area contributed by atoms with Crippen molar-refractivity contribution in [2.45, 2.75) is 59.4 Å². The first-order valence-electron chi connectivity index (χ1n) is 10.1. The van der Waals surface area contributed by atoms with Crippen LogP contribution in [0, 0.1) is 5.92 Å². The highest BCUT2D eigenvalue weighted by atomic mass is 32.2. The molecule has 5 nitrogen and oxygen atoms in total. The molecule has 154 valence electrons. The van der Waals surface area contributed by atoms with Gasteiger partial charge >= 0.3 is 0 Å². The molecule has 0 aliphatic carbocycles. The topological polar surface area (TPSA) is 80.5 Å². The Morgan fingerprint density at radius 2 is 1.85 bits per heavy atom. The van der Waals surface area contributed by atoms with Crippen molar-refractivity contribution in [3.8, 4) is 0 Å². The van der Waals surface area contributed by atoms with Crippen molar-refractivity contribution in [2.24, 2.45) is 11.7 Å². The van der Waals surface area contributed by atoms with Crippen LogP contribution in [0.1, 0.15) is 57.6 Å². The Bertz CT molecular complexity index is 674. The van der Waals surface area contributed by atoms with E-state index in [1.807, 2.05) is 26.0 Å². The molecule has 1 atom stereocenters. The molecule has 0 aromatic heterocycles. The van der Waals surface area contributed by atoms with Gasteiger partial charge in [-0.1, -0.05) is 51.5 Å². The van der Waals surface area contributed by atoms with Crippen LogP contribution in [0.2, 0.25) is 0 Å². The van der Waals surface area contributed by atoms with Crippen molar-refractivity contribution in [3.63, 3.8) is 0 Å². The quantitative estimate of drug-likeness (QED) is 0.555. The number of carbonyl (C=O) groups is 1. The van der Waals surface area contributed by atoms with E-state index >= 15 is 0 Å². The van der Waals surface area contributed by atoms with E-state index < -0.39 is 15.8 Å². The van der Waals surface area contributed by atoms with Crippen LogP contribution in [0.4, 0.5) is 0 Å². The van der Waals surface area contributed by atoms with Crippen molar-refractivity contribution in [1.82, 2.24) is 4.90 Å². The van der Waals surface area contributed by atoms with Crippen LogP contribution < -0.4 is 5.73 Å². The minimum absolute atomic E-state index is 0.0591. The summed E-state index contributed by atoms with van der Waals surface area (Å²) in [5, 5.41) is 0. The summed E-state index contributed by atoms with van der Waals surface area (Å²) in [6.45, 7) is 7.51. The van der Waals surface area contributed by atoms with Gasteiger partial charge in [0.25, 0.3) is 0 Å². The molecule has 0 saturated carbocycles. The van der Waals surface area contributed by atoms with Crippen molar-refractivity contribution in [3.05, 3.63) is 35.4 Å². The van der Waals surface area contributed by atoms with Gasteiger partial charge in [-0.25, -0.2) is 8.42 Å². The Morgan fingerprint density at radius 3 is 2.44 bits per heavy atom. The van der Waals surface area contributed by atoms with E-state index in [9.17, 15) is 13.2 Å². The maximum atomic E-state index is 13.1. The van der Waals surface area contributed by atoms with Gasteiger partial charge in [-0.2, -0.15) is 0 Å². The van der Waals surface area contributed by atoms with Gasteiger partial charge < -0.3 is 10.6 Å². The lowest BCUT2D eigenvalue weighted by molar-refractivity contribution is -0.135. The minimum atomic E-state index is -3.21. The number of nitrogens with two attached hydrogens (primary N) is 1. The first-order chi connectivity index (χ1) is 12.9. The maximum Gasteiger partial charge on any atom is 0.226 e. The molecule has 0 aliphatic heterocycles.